The minimum Gasteiger partial charge on any atom is -0.295 e. The molecule has 1 fully saturated rings. The Hall–Kier alpha value is -1.20. The minimum absolute atomic E-state index is 0.121. The van der Waals surface area contributed by atoms with Crippen LogP contribution in [0, 0.1) is 5.92 Å². The zero-order valence-corrected chi connectivity index (χ0v) is 12.1. The lowest BCUT2D eigenvalue weighted by atomic mass is 10.0. The fourth-order valence-electron chi connectivity index (χ4n) is 2.39. The van der Waals surface area contributed by atoms with Gasteiger partial charge in [-0.05, 0) is 37.8 Å². The molecule has 1 aromatic carbocycles. The number of nitrogens with zero attached hydrogens (tertiary/aromatic N) is 1. The summed E-state index contributed by atoms with van der Waals surface area (Å²) in [4.78, 5) is 11.6. The summed E-state index contributed by atoms with van der Waals surface area (Å²) in [6, 6.07) is 6.29. The summed E-state index contributed by atoms with van der Waals surface area (Å²) in [6.45, 7) is 4.63. The normalized spacial score (nSPS) is 21.3. The first-order valence-electron chi connectivity index (χ1n) is 6.52. The molecule has 19 heavy (non-hydrogen) atoms. The molecule has 0 aromatic heterocycles. The van der Waals surface area contributed by atoms with Crippen molar-refractivity contribution in [3.05, 3.63) is 29.8 Å². The molecule has 1 aliphatic heterocycles. The highest BCUT2D eigenvalue weighted by atomic mass is 32.2. The third kappa shape index (κ3) is 3.04. The number of ketones is 1. The molecule has 5 heteroatoms. The molecule has 4 nitrogen and oxygen atoms in total. The van der Waals surface area contributed by atoms with Gasteiger partial charge in [0.25, 0.3) is 0 Å². The monoisotopic (exact) mass is 281 g/mol. The molecule has 0 saturated carbocycles. The summed E-state index contributed by atoms with van der Waals surface area (Å²) in [5.41, 5.74) is 0.436. The maximum atomic E-state index is 12.5. The van der Waals surface area contributed by atoms with E-state index >= 15 is 0 Å². The van der Waals surface area contributed by atoms with Crippen LogP contribution in [0.2, 0.25) is 0 Å². The second-order valence-electron chi connectivity index (χ2n) is 5.19. The van der Waals surface area contributed by atoms with Crippen LogP contribution in [0.1, 0.15) is 37.0 Å². The highest BCUT2D eigenvalue weighted by molar-refractivity contribution is 7.89. The summed E-state index contributed by atoms with van der Waals surface area (Å²) < 4.78 is 26.6. The quantitative estimate of drug-likeness (QED) is 0.799. The van der Waals surface area contributed by atoms with Crippen LogP contribution in [0.3, 0.4) is 0 Å². The van der Waals surface area contributed by atoms with Gasteiger partial charge in [-0.25, -0.2) is 8.42 Å². The summed E-state index contributed by atoms with van der Waals surface area (Å²) in [7, 11) is -3.47. The maximum absolute atomic E-state index is 12.5. The zero-order valence-electron chi connectivity index (χ0n) is 11.3. The standard InChI is InChI=1S/C14H19NO3S/c1-11-5-4-8-15(10-11)19(17,18)14-7-3-6-13(9-14)12(2)16/h3,6-7,9,11H,4-5,8,10H2,1-2H3. The van der Waals surface area contributed by atoms with Crippen LogP contribution in [-0.4, -0.2) is 31.6 Å². The predicted molar refractivity (Wildman–Crippen MR) is 73.6 cm³/mol. The predicted octanol–water partition coefficient (Wildman–Crippen LogP) is 2.31. The van der Waals surface area contributed by atoms with Crippen molar-refractivity contribution in [1.82, 2.24) is 4.31 Å². The molecule has 1 aromatic rings. The molecule has 0 radical (unpaired) electrons. The summed E-state index contributed by atoms with van der Waals surface area (Å²) in [5.74, 6) is 0.267. The van der Waals surface area contributed by atoms with Gasteiger partial charge in [0.2, 0.25) is 10.0 Å². The molecule has 1 atom stereocenters. The molecule has 104 valence electrons. The van der Waals surface area contributed by atoms with Crippen molar-refractivity contribution in [3.63, 3.8) is 0 Å². The number of carbonyl (C=O) groups is 1. The molecule has 1 heterocycles. The van der Waals surface area contributed by atoms with E-state index in [1.54, 1.807) is 18.2 Å². The van der Waals surface area contributed by atoms with E-state index in [-0.39, 0.29) is 10.7 Å². The van der Waals surface area contributed by atoms with Crippen LogP contribution in [0.15, 0.2) is 29.2 Å². The van der Waals surface area contributed by atoms with Crippen LogP contribution < -0.4 is 0 Å². The number of piperidine rings is 1. The van der Waals surface area contributed by atoms with Crippen molar-refractivity contribution < 1.29 is 13.2 Å². The average Bonchev–Trinajstić information content (AvgIpc) is 2.39. The molecular weight excluding hydrogens is 262 g/mol. The van der Waals surface area contributed by atoms with E-state index < -0.39 is 10.0 Å². The molecule has 0 spiro atoms. The fraction of sp³-hybridized carbons (Fsp3) is 0.500. The summed E-state index contributed by atoms with van der Waals surface area (Å²) in [5, 5.41) is 0. The topological polar surface area (TPSA) is 54.5 Å². The van der Waals surface area contributed by atoms with E-state index in [4.69, 9.17) is 0 Å². The first-order chi connectivity index (χ1) is 8.91. The van der Waals surface area contributed by atoms with E-state index in [1.165, 1.54) is 17.3 Å². The number of rotatable bonds is 3. The van der Waals surface area contributed by atoms with E-state index in [1.807, 2.05) is 0 Å². The van der Waals surface area contributed by atoms with Crippen LogP contribution >= 0.6 is 0 Å². The first-order valence-corrected chi connectivity index (χ1v) is 7.96. The summed E-state index contributed by atoms with van der Waals surface area (Å²) >= 11 is 0. The Morgan fingerprint density at radius 2 is 2.11 bits per heavy atom. The number of sulfonamides is 1. The molecule has 0 bridgehead atoms. The van der Waals surface area contributed by atoms with Crippen LogP contribution in [-0.2, 0) is 10.0 Å². The number of Topliss-reactive ketones (excluding diaryl/α,β-unsaturated/α-hetero) is 1. The van der Waals surface area contributed by atoms with Crippen LogP contribution in [0.5, 0.6) is 0 Å². The van der Waals surface area contributed by atoms with Gasteiger partial charge >= 0.3 is 0 Å². The van der Waals surface area contributed by atoms with Crippen molar-refractivity contribution in [3.8, 4) is 0 Å². The lowest BCUT2D eigenvalue weighted by molar-refractivity contribution is 0.101. The molecule has 1 aliphatic rings. The van der Waals surface area contributed by atoms with Gasteiger partial charge in [-0.1, -0.05) is 19.1 Å². The Morgan fingerprint density at radius 1 is 1.37 bits per heavy atom. The highest BCUT2D eigenvalue weighted by Crippen LogP contribution is 2.23. The number of carbonyl (C=O) groups excluding carboxylic acids is 1. The van der Waals surface area contributed by atoms with Crippen LogP contribution in [0.25, 0.3) is 0 Å². The van der Waals surface area contributed by atoms with E-state index in [0.29, 0.717) is 24.6 Å². The van der Waals surface area contributed by atoms with Gasteiger partial charge < -0.3 is 0 Å². The van der Waals surface area contributed by atoms with E-state index in [9.17, 15) is 13.2 Å². The van der Waals surface area contributed by atoms with Crippen molar-refractivity contribution in [2.75, 3.05) is 13.1 Å². The molecule has 0 amide bonds. The average molecular weight is 281 g/mol. The molecule has 1 saturated heterocycles. The van der Waals surface area contributed by atoms with E-state index in [2.05, 4.69) is 6.92 Å². The van der Waals surface area contributed by atoms with Gasteiger partial charge in [0.15, 0.2) is 5.78 Å². The third-order valence-corrected chi connectivity index (χ3v) is 5.36. The lowest BCUT2D eigenvalue weighted by Crippen LogP contribution is -2.39. The summed E-state index contributed by atoms with van der Waals surface area (Å²) in [6.07, 6.45) is 1.96. The van der Waals surface area contributed by atoms with Gasteiger partial charge in [0.05, 0.1) is 4.90 Å². The SMILES string of the molecule is CC(=O)c1cccc(S(=O)(=O)N2CCCC(C)C2)c1. The van der Waals surface area contributed by atoms with Gasteiger partial charge in [-0.15, -0.1) is 0 Å². The number of benzene rings is 1. The maximum Gasteiger partial charge on any atom is 0.243 e. The molecule has 0 aliphatic carbocycles. The van der Waals surface area contributed by atoms with Crippen molar-refractivity contribution in [2.45, 2.75) is 31.6 Å². The fourth-order valence-corrected chi connectivity index (χ4v) is 4.03. The molecular formula is C14H19NO3S. The minimum atomic E-state index is -3.47. The molecule has 2 rings (SSSR count). The molecule has 1 unspecified atom stereocenters. The van der Waals surface area contributed by atoms with Crippen LogP contribution in [0.4, 0.5) is 0 Å². The third-order valence-electron chi connectivity index (χ3n) is 3.50. The van der Waals surface area contributed by atoms with Crippen molar-refractivity contribution in [2.24, 2.45) is 5.92 Å². The Labute approximate surface area is 114 Å². The Bertz CT molecular complexity index is 580. The lowest BCUT2D eigenvalue weighted by Gasteiger charge is -2.30. The Morgan fingerprint density at radius 3 is 2.74 bits per heavy atom. The zero-order chi connectivity index (χ0) is 14.0. The highest BCUT2D eigenvalue weighted by Gasteiger charge is 2.28. The van der Waals surface area contributed by atoms with Gasteiger partial charge in [-0.2, -0.15) is 4.31 Å². The van der Waals surface area contributed by atoms with Crippen molar-refractivity contribution >= 4 is 15.8 Å². The van der Waals surface area contributed by atoms with Crippen molar-refractivity contribution in [1.29, 1.82) is 0 Å². The smallest absolute Gasteiger partial charge is 0.243 e. The molecule has 0 N–H and O–H groups in total. The second-order valence-corrected chi connectivity index (χ2v) is 7.13. The second kappa shape index (κ2) is 5.43. The number of hydrogen-bond donors (Lipinski definition) is 0. The first kappa shape index (κ1) is 14.2. The van der Waals surface area contributed by atoms with Gasteiger partial charge in [0.1, 0.15) is 0 Å². The van der Waals surface area contributed by atoms with Gasteiger partial charge in [-0.3, -0.25) is 4.79 Å². The Balaban J connectivity index is 2.33. The largest absolute Gasteiger partial charge is 0.295 e. The Kier molecular flexibility index (Phi) is 4.06. The van der Waals surface area contributed by atoms with Gasteiger partial charge in [0, 0.05) is 18.7 Å². The number of hydrogen-bond acceptors (Lipinski definition) is 3. The van der Waals surface area contributed by atoms with E-state index in [0.717, 1.165) is 12.8 Å².